The molecule has 0 aromatic carbocycles. The highest BCUT2D eigenvalue weighted by Crippen LogP contribution is 1.98. The Hall–Kier alpha value is -1.51. The average Bonchev–Trinajstić information content (AvgIpc) is 2.52. The number of rotatable bonds is 3. The molecule has 58 valence electrons. The van der Waals surface area contributed by atoms with Crippen molar-refractivity contribution in [2.45, 2.75) is 0 Å². The molecule has 0 saturated carbocycles. The predicted molar refractivity (Wildman–Crippen MR) is 41.2 cm³/mol. The maximum absolute atomic E-state index is 11.0. The second kappa shape index (κ2) is 3.61. The fourth-order valence-electron chi connectivity index (χ4n) is 0.661. The third-order valence-electron chi connectivity index (χ3n) is 1.19. The van der Waals surface area contributed by atoms with Crippen molar-refractivity contribution in [3.8, 4) is 0 Å². The molecule has 1 N–H and O–H groups in total. The summed E-state index contributed by atoms with van der Waals surface area (Å²) in [7, 11) is 0. The van der Waals surface area contributed by atoms with E-state index in [4.69, 9.17) is 4.42 Å². The normalized spacial score (nSPS) is 9.09. The first kappa shape index (κ1) is 7.60. The van der Waals surface area contributed by atoms with Gasteiger partial charge in [0.05, 0.1) is 11.8 Å². The monoisotopic (exact) mass is 151 g/mol. The van der Waals surface area contributed by atoms with Gasteiger partial charge in [0.2, 0.25) is 0 Å². The summed E-state index contributed by atoms with van der Waals surface area (Å²) in [6, 6.07) is 1.61. The highest BCUT2D eigenvalue weighted by atomic mass is 16.3. The van der Waals surface area contributed by atoms with Crippen molar-refractivity contribution in [1.29, 1.82) is 0 Å². The summed E-state index contributed by atoms with van der Waals surface area (Å²) in [6.07, 6.45) is 4.49. The molecule has 0 fully saturated rings. The first-order valence-corrected chi connectivity index (χ1v) is 3.26. The highest BCUT2D eigenvalue weighted by Gasteiger charge is 2.03. The van der Waals surface area contributed by atoms with Gasteiger partial charge >= 0.3 is 0 Å². The maximum atomic E-state index is 11.0. The SMILES string of the molecule is C=CCNC(=O)c1ccoc1. The van der Waals surface area contributed by atoms with Crippen LogP contribution >= 0.6 is 0 Å². The molecule has 3 nitrogen and oxygen atoms in total. The number of nitrogens with one attached hydrogen (secondary N) is 1. The van der Waals surface area contributed by atoms with Crippen LogP contribution in [-0.4, -0.2) is 12.5 Å². The first-order valence-electron chi connectivity index (χ1n) is 3.26. The molecule has 0 aliphatic carbocycles. The van der Waals surface area contributed by atoms with Crippen LogP contribution in [0.25, 0.3) is 0 Å². The number of amides is 1. The lowest BCUT2D eigenvalue weighted by Gasteiger charge is -1.96. The maximum Gasteiger partial charge on any atom is 0.254 e. The summed E-state index contributed by atoms with van der Waals surface area (Å²) in [5.41, 5.74) is 0.534. The average molecular weight is 151 g/mol. The Kier molecular flexibility index (Phi) is 2.49. The Morgan fingerprint density at radius 2 is 2.64 bits per heavy atom. The lowest BCUT2D eigenvalue weighted by molar-refractivity contribution is 0.0957. The Bertz CT molecular complexity index is 239. The van der Waals surface area contributed by atoms with Crippen molar-refractivity contribution in [3.63, 3.8) is 0 Å². The minimum absolute atomic E-state index is 0.140. The van der Waals surface area contributed by atoms with Crippen molar-refractivity contribution in [3.05, 3.63) is 36.8 Å². The van der Waals surface area contributed by atoms with Gasteiger partial charge in [-0.15, -0.1) is 6.58 Å². The molecule has 3 heteroatoms. The van der Waals surface area contributed by atoms with Gasteiger partial charge in [-0.3, -0.25) is 4.79 Å². The topological polar surface area (TPSA) is 42.2 Å². The molecule has 0 atom stereocenters. The third-order valence-corrected chi connectivity index (χ3v) is 1.19. The molecule has 0 radical (unpaired) electrons. The van der Waals surface area contributed by atoms with Gasteiger partial charge < -0.3 is 9.73 Å². The molecule has 1 rings (SSSR count). The number of furan rings is 1. The van der Waals surface area contributed by atoms with Crippen LogP contribution in [0.2, 0.25) is 0 Å². The number of hydrogen-bond donors (Lipinski definition) is 1. The lowest BCUT2D eigenvalue weighted by Crippen LogP contribution is -2.22. The molecule has 0 saturated heterocycles. The van der Waals surface area contributed by atoms with Crippen LogP contribution in [0, 0.1) is 0 Å². The predicted octanol–water partition coefficient (Wildman–Crippen LogP) is 1.20. The van der Waals surface area contributed by atoms with E-state index in [9.17, 15) is 4.79 Å². The van der Waals surface area contributed by atoms with E-state index >= 15 is 0 Å². The zero-order valence-electron chi connectivity index (χ0n) is 6.04. The Morgan fingerprint density at radius 3 is 3.18 bits per heavy atom. The van der Waals surface area contributed by atoms with Crippen LogP contribution in [-0.2, 0) is 0 Å². The second-order valence-corrected chi connectivity index (χ2v) is 2.01. The molecule has 1 amide bonds. The van der Waals surface area contributed by atoms with Crippen LogP contribution in [0.3, 0.4) is 0 Å². The highest BCUT2D eigenvalue weighted by molar-refractivity contribution is 5.93. The number of hydrogen-bond acceptors (Lipinski definition) is 2. The molecule has 1 aromatic rings. The molecule has 0 unspecified atom stereocenters. The van der Waals surface area contributed by atoms with Gasteiger partial charge in [0, 0.05) is 6.54 Å². The molecule has 1 aromatic heterocycles. The van der Waals surface area contributed by atoms with E-state index in [1.54, 1.807) is 12.1 Å². The summed E-state index contributed by atoms with van der Waals surface area (Å²) in [4.78, 5) is 11.0. The fourth-order valence-corrected chi connectivity index (χ4v) is 0.661. The largest absolute Gasteiger partial charge is 0.472 e. The molecule has 0 aliphatic heterocycles. The van der Waals surface area contributed by atoms with Crippen LogP contribution in [0.4, 0.5) is 0 Å². The van der Waals surface area contributed by atoms with Gasteiger partial charge in [-0.05, 0) is 6.07 Å². The lowest BCUT2D eigenvalue weighted by atomic mass is 10.3. The molecule has 0 spiro atoms. The number of carbonyl (C=O) groups excluding carboxylic acids is 1. The molecular formula is C8H9NO2. The van der Waals surface area contributed by atoms with Gasteiger partial charge in [-0.25, -0.2) is 0 Å². The smallest absolute Gasteiger partial charge is 0.254 e. The minimum Gasteiger partial charge on any atom is -0.472 e. The standard InChI is InChI=1S/C8H9NO2/c1-2-4-9-8(10)7-3-5-11-6-7/h2-3,5-6H,1,4H2,(H,9,10). The second-order valence-electron chi connectivity index (χ2n) is 2.01. The zero-order chi connectivity index (χ0) is 8.10. The van der Waals surface area contributed by atoms with Gasteiger partial charge in [0.15, 0.2) is 0 Å². The van der Waals surface area contributed by atoms with Crippen molar-refractivity contribution >= 4 is 5.91 Å². The molecular weight excluding hydrogens is 142 g/mol. The van der Waals surface area contributed by atoms with Gasteiger partial charge in [0.1, 0.15) is 6.26 Å². The first-order chi connectivity index (χ1) is 5.34. The van der Waals surface area contributed by atoms with Crippen LogP contribution in [0.1, 0.15) is 10.4 Å². The van der Waals surface area contributed by atoms with E-state index in [1.165, 1.54) is 12.5 Å². The fraction of sp³-hybridized carbons (Fsp3) is 0.125. The molecule has 1 heterocycles. The van der Waals surface area contributed by atoms with Crippen molar-refractivity contribution < 1.29 is 9.21 Å². The Balaban J connectivity index is 2.49. The summed E-state index contributed by atoms with van der Waals surface area (Å²) in [6.45, 7) is 3.95. The third kappa shape index (κ3) is 1.97. The molecule has 0 bridgehead atoms. The summed E-state index contributed by atoms with van der Waals surface area (Å²) < 4.78 is 4.73. The van der Waals surface area contributed by atoms with Gasteiger partial charge in [0.25, 0.3) is 5.91 Å². The van der Waals surface area contributed by atoms with E-state index in [0.29, 0.717) is 12.1 Å². The van der Waals surface area contributed by atoms with Gasteiger partial charge in [-0.2, -0.15) is 0 Å². The summed E-state index contributed by atoms with van der Waals surface area (Å²) >= 11 is 0. The van der Waals surface area contributed by atoms with Crippen LogP contribution < -0.4 is 5.32 Å². The van der Waals surface area contributed by atoms with Crippen LogP contribution in [0.5, 0.6) is 0 Å². The van der Waals surface area contributed by atoms with Crippen molar-refractivity contribution in [1.82, 2.24) is 5.32 Å². The summed E-state index contributed by atoms with van der Waals surface area (Å²) in [5.74, 6) is -0.140. The summed E-state index contributed by atoms with van der Waals surface area (Å²) in [5, 5.41) is 2.62. The van der Waals surface area contributed by atoms with E-state index in [-0.39, 0.29) is 5.91 Å². The van der Waals surface area contributed by atoms with E-state index in [0.717, 1.165) is 0 Å². The van der Waals surface area contributed by atoms with E-state index in [2.05, 4.69) is 11.9 Å². The zero-order valence-corrected chi connectivity index (χ0v) is 6.04. The van der Waals surface area contributed by atoms with Crippen LogP contribution in [0.15, 0.2) is 35.7 Å². The van der Waals surface area contributed by atoms with Crippen molar-refractivity contribution in [2.75, 3.05) is 6.54 Å². The quantitative estimate of drug-likeness (QED) is 0.659. The van der Waals surface area contributed by atoms with Gasteiger partial charge in [-0.1, -0.05) is 6.08 Å². The van der Waals surface area contributed by atoms with E-state index in [1.807, 2.05) is 0 Å². The molecule has 0 aliphatic rings. The van der Waals surface area contributed by atoms with E-state index < -0.39 is 0 Å². The molecule has 11 heavy (non-hydrogen) atoms. The minimum atomic E-state index is -0.140. The Labute approximate surface area is 64.7 Å². The van der Waals surface area contributed by atoms with Crippen molar-refractivity contribution in [2.24, 2.45) is 0 Å². The Morgan fingerprint density at radius 1 is 1.82 bits per heavy atom. The number of carbonyl (C=O) groups is 1.